The van der Waals surface area contributed by atoms with E-state index in [1.54, 1.807) is 27.7 Å². The second-order valence-corrected chi connectivity index (χ2v) is 5.44. The number of allylic oxidation sites excluding steroid dienone is 6. The maximum absolute atomic E-state index is 5.89. The topological polar surface area (TPSA) is 52.0 Å². The molecule has 0 unspecified atom stereocenters. The third kappa shape index (κ3) is 6.34. The second-order valence-electron chi connectivity index (χ2n) is 3.22. The van der Waals surface area contributed by atoms with E-state index in [2.05, 4.69) is 6.58 Å². The van der Waals surface area contributed by atoms with E-state index in [4.69, 9.17) is 11.5 Å². The molecule has 0 saturated heterocycles. The van der Waals surface area contributed by atoms with Crippen molar-refractivity contribution in [3.8, 4) is 0 Å². The van der Waals surface area contributed by atoms with Gasteiger partial charge in [-0.05, 0) is 26.8 Å². The van der Waals surface area contributed by atoms with Crippen molar-refractivity contribution in [2.45, 2.75) is 20.8 Å². The van der Waals surface area contributed by atoms with Crippen molar-refractivity contribution >= 4 is 21.6 Å². The summed E-state index contributed by atoms with van der Waals surface area (Å²) < 4.78 is 0. The molecule has 0 aromatic heterocycles. The van der Waals surface area contributed by atoms with Gasteiger partial charge in [0.2, 0.25) is 0 Å². The number of hydrogen-bond acceptors (Lipinski definition) is 4. The number of rotatable bonds is 6. The smallest absolute Gasteiger partial charge is 0.0417 e. The van der Waals surface area contributed by atoms with E-state index in [1.165, 1.54) is 0 Å². The standard InChI is InChI=1S/C13H20N2S2/c1-5-8-12(10(4)14)16-17-13(9-6-2)11(15)7-3/h5-9H,2,14-15H2,1,3-4H3/b8-5-,11-7+,12-10-,13-9+. The minimum atomic E-state index is 0.747. The predicted octanol–water partition coefficient (Wildman–Crippen LogP) is 4.07. The summed E-state index contributed by atoms with van der Waals surface area (Å²) >= 11 is 0. The first-order valence-electron chi connectivity index (χ1n) is 5.25. The van der Waals surface area contributed by atoms with Gasteiger partial charge in [-0.3, -0.25) is 0 Å². The summed E-state index contributed by atoms with van der Waals surface area (Å²) in [5, 5.41) is 0. The fraction of sp³-hybridized carbons (Fsp3) is 0.231. The fourth-order valence-corrected chi connectivity index (χ4v) is 3.31. The molecule has 2 nitrogen and oxygen atoms in total. The molecule has 4 N–H and O–H groups in total. The van der Waals surface area contributed by atoms with Crippen LogP contribution >= 0.6 is 21.6 Å². The van der Waals surface area contributed by atoms with Crippen LogP contribution in [-0.2, 0) is 0 Å². The van der Waals surface area contributed by atoms with Crippen LogP contribution in [0.2, 0.25) is 0 Å². The molecule has 0 radical (unpaired) electrons. The number of hydrogen-bond donors (Lipinski definition) is 2. The molecule has 0 atom stereocenters. The third-order valence-corrected chi connectivity index (χ3v) is 4.39. The van der Waals surface area contributed by atoms with E-state index in [9.17, 15) is 0 Å². The SMILES string of the molecule is C=C/C=C(SSC(/C=C\C)=C(/C)N)\C(N)=C/C. The van der Waals surface area contributed by atoms with Gasteiger partial charge in [-0.15, -0.1) is 0 Å². The first-order chi connectivity index (χ1) is 8.06. The van der Waals surface area contributed by atoms with Crippen molar-refractivity contribution in [1.82, 2.24) is 0 Å². The molecule has 0 aromatic carbocycles. The van der Waals surface area contributed by atoms with Crippen LogP contribution in [0.25, 0.3) is 0 Å². The third-order valence-electron chi connectivity index (χ3n) is 1.79. The highest BCUT2D eigenvalue weighted by Crippen LogP contribution is 2.39. The summed E-state index contributed by atoms with van der Waals surface area (Å²) in [6.07, 6.45) is 9.45. The van der Waals surface area contributed by atoms with Crippen LogP contribution in [0.3, 0.4) is 0 Å². The monoisotopic (exact) mass is 268 g/mol. The lowest BCUT2D eigenvalue weighted by atomic mass is 10.3. The average molecular weight is 268 g/mol. The Labute approximate surface area is 112 Å². The molecule has 94 valence electrons. The molecule has 17 heavy (non-hydrogen) atoms. The van der Waals surface area contributed by atoms with Crippen LogP contribution in [0.4, 0.5) is 0 Å². The molecule has 0 aliphatic carbocycles. The quantitative estimate of drug-likeness (QED) is 0.563. The summed E-state index contributed by atoms with van der Waals surface area (Å²) in [5.74, 6) is 0. The van der Waals surface area contributed by atoms with Gasteiger partial charge < -0.3 is 11.5 Å². The molecule has 0 fully saturated rings. The molecule has 0 heterocycles. The molecule has 0 bridgehead atoms. The first kappa shape index (κ1) is 16.0. The Morgan fingerprint density at radius 2 is 1.82 bits per heavy atom. The minimum absolute atomic E-state index is 0.747. The van der Waals surface area contributed by atoms with E-state index >= 15 is 0 Å². The molecule has 0 spiro atoms. The van der Waals surface area contributed by atoms with Crippen molar-refractivity contribution in [1.29, 1.82) is 0 Å². The van der Waals surface area contributed by atoms with Crippen LogP contribution in [0, 0.1) is 0 Å². The van der Waals surface area contributed by atoms with Crippen molar-refractivity contribution in [3.63, 3.8) is 0 Å². The maximum atomic E-state index is 5.89. The predicted molar refractivity (Wildman–Crippen MR) is 83.1 cm³/mol. The van der Waals surface area contributed by atoms with Gasteiger partial charge in [0, 0.05) is 21.2 Å². The minimum Gasteiger partial charge on any atom is -0.401 e. The zero-order valence-corrected chi connectivity index (χ0v) is 12.2. The lowest BCUT2D eigenvalue weighted by Crippen LogP contribution is -1.97. The van der Waals surface area contributed by atoms with Gasteiger partial charge in [0.25, 0.3) is 0 Å². The molecule has 4 heteroatoms. The summed E-state index contributed by atoms with van der Waals surface area (Å²) in [7, 11) is 3.17. The van der Waals surface area contributed by atoms with Crippen molar-refractivity contribution in [3.05, 3.63) is 58.2 Å². The maximum Gasteiger partial charge on any atom is 0.0417 e. The highest BCUT2D eigenvalue weighted by molar-refractivity contribution is 8.79. The highest BCUT2D eigenvalue weighted by atomic mass is 33.1. The van der Waals surface area contributed by atoms with Gasteiger partial charge in [-0.1, -0.05) is 52.5 Å². The van der Waals surface area contributed by atoms with Crippen LogP contribution in [0.1, 0.15) is 20.8 Å². The van der Waals surface area contributed by atoms with Crippen molar-refractivity contribution in [2.75, 3.05) is 0 Å². The lowest BCUT2D eigenvalue weighted by Gasteiger charge is -2.07. The Morgan fingerprint density at radius 3 is 2.24 bits per heavy atom. The molecule has 0 amide bonds. The fourth-order valence-electron chi connectivity index (χ4n) is 0.888. The molecule has 0 rings (SSSR count). The summed E-state index contributed by atoms with van der Waals surface area (Å²) in [6, 6.07) is 0. The largest absolute Gasteiger partial charge is 0.401 e. The van der Waals surface area contributed by atoms with Gasteiger partial charge >= 0.3 is 0 Å². The molecule has 0 aliphatic heterocycles. The van der Waals surface area contributed by atoms with Gasteiger partial charge in [-0.25, -0.2) is 0 Å². The Bertz CT molecular complexity index is 373. The summed E-state index contributed by atoms with van der Waals surface area (Å²) in [4.78, 5) is 2.02. The van der Waals surface area contributed by atoms with Crippen LogP contribution in [0.5, 0.6) is 0 Å². The Balaban J connectivity index is 4.78. The Morgan fingerprint density at radius 1 is 1.18 bits per heavy atom. The zero-order valence-electron chi connectivity index (χ0n) is 10.6. The molecular weight excluding hydrogens is 248 g/mol. The number of nitrogens with two attached hydrogens (primary N) is 2. The summed E-state index contributed by atoms with van der Waals surface area (Å²) in [5.41, 5.74) is 13.2. The van der Waals surface area contributed by atoms with Gasteiger partial charge in [0.15, 0.2) is 0 Å². The van der Waals surface area contributed by atoms with Crippen LogP contribution in [-0.4, -0.2) is 0 Å². The lowest BCUT2D eigenvalue weighted by molar-refractivity contribution is 1.30. The van der Waals surface area contributed by atoms with Crippen LogP contribution in [0.15, 0.2) is 58.2 Å². The highest BCUT2D eigenvalue weighted by Gasteiger charge is 2.04. The molecule has 0 saturated carbocycles. The van der Waals surface area contributed by atoms with E-state index < -0.39 is 0 Å². The first-order valence-corrected chi connectivity index (χ1v) is 7.40. The van der Waals surface area contributed by atoms with E-state index in [1.807, 2.05) is 45.1 Å². The van der Waals surface area contributed by atoms with E-state index in [0.717, 1.165) is 21.2 Å². The van der Waals surface area contributed by atoms with E-state index in [0.29, 0.717) is 0 Å². The molecular formula is C13H20N2S2. The molecule has 0 aromatic rings. The Hall–Kier alpha value is -1.00. The van der Waals surface area contributed by atoms with Gasteiger partial charge in [-0.2, -0.15) is 0 Å². The van der Waals surface area contributed by atoms with Crippen molar-refractivity contribution in [2.24, 2.45) is 11.5 Å². The van der Waals surface area contributed by atoms with Crippen molar-refractivity contribution < 1.29 is 0 Å². The van der Waals surface area contributed by atoms with Gasteiger partial charge in [0.1, 0.15) is 0 Å². The average Bonchev–Trinajstić information content (AvgIpc) is 2.31. The zero-order chi connectivity index (χ0) is 13.3. The summed E-state index contributed by atoms with van der Waals surface area (Å²) in [6.45, 7) is 9.45. The second kappa shape index (κ2) is 9.07. The van der Waals surface area contributed by atoms with Crippen LogP contribution < -0.4 is 11.5 Å². The van der Waals surface area contributed by atoms with Gasteiger partial charge in [0.05, 0.1) is 0 Å². The molecule has 0 aliphatic rings. The normalized spacial score (nSPS) is 15.0. The van der Waals surface area contributed by atoms with E-state index in [-0.39, 0.29) is 0 Å². The Kier molecular flexibility index (Phi) is 8.54.